The minimum Gasteiger partial charge on any atom is -0.461 e. The molecule has 0 amide bonds. The molecule has 0 saturated heterocycles. The van der Waals surface area contributed by atoms with Crippen LogP contribution >= 0.6 is 0 Å². The van der Waals surface area contributed by atoms with Crippen LogP contribution in [0.1, 0.15) is 37.3 Å². The summed E-state index contributed by atoms with van der Waals surface area (Å²) in [6.45, 7) is 6.16. The predicted octanol–water partition coefficient (Wildman–Crippen LogP) is 2.19. The van der Waals surface area contributed by atoms with Crippen LogP contribution in [0.3, 0.4) is 0 Å². The lowest BCUT2D eigenvalue weighted by atomic mass is 10.3. The molecule has 0 saturated carbocycles. The van der Waals surface area contributed by atoms with E-state index in [1.54, 1.807) is 23.9 Å². The topological polar surface area (TPSA) is 57.0 Å². The summed E-state index contributed by atoms with van der Waals surface area (Å²) >= 11 is 0. The Morgan fingerprint density at radius 3 is 2.88 bits per heavy atom. The Morgan fingerprint density at radius 2 is 2.24 bits per heavy atom. The fourth-order valence-electron chi connectivity index (χ4n) is 1.62. The molecule has 0 aliphatic heterocycles. The molecule has 0 bridgehead atoms. The Labute approximate surface area is 99.4 Å². The second-order valence-corrected chi connectivity index (χ2v) is 4.01. The van der Waals surface area contributed by atoms with Crippen molar-refractivity contribution in [2.45, 2.75) is 26.8 Å². The zero-order valence-corrected chi connectivity index (χ0v) is 10.2. The zero-order chi connectivity index (χ0) is 12.4. The van der Waals surface area contributed by atoms with Gasteiger partial charge in [0.15, 0.2) is 11.3 Å². The summed E-state index contributed by atoms with van der Waals surface area (Å²) < 4.78 is 6.71. The van der Waals surface area contributed by atoms with Crippen LogP contribution in [-0.2, 0) is 4.74 Å². The van der Waals surface area contributed by atoms with Crippen molar-refractivity contribution in [3.05, 3.63) is 24.0 Å². The normalized spacial score (nSPS) is 11.1. The van der Waals surface area contributed by atoms with Crippen molar-refractivity contribution in [1.29, 1.82) is 0 Å². The molecule has 0 spiro atoms. The van der Waals surface area contributed by atoms with Crippen LogP contribution in [0.25, 0.3) is 11.0 Å². The smallest absolute Gasteiger partial charge is 0.357 e. The first kappa shape index (κ1) is 11.6. The van der Waals surface area contributed by atoms with E-state index in [9.17, 15) is 4.79 Å². The third-order valence-electron chi connectivity index (χ3n) is 2.42. The SMILES string of the molecule is CCOC(=O)c1ccc2cnn(C(C)C)c2n1. The van der Waals surface area contributed by atoms with Crippen LogP contribution in [-0.4, -0.2) is 27.3 Å². The van der Waals surface area contributed by atoms with E-state index >= 15 is 0 Å². The number of pyridine rings is 1. The second kappa shape index (κ2) is 4.53. The highest BCUT2D eigenvalue weighted by Crippen LogP contribution is 2.16. The Kier molecular flexibility index (Phi) is 3.08. The van der Waals surface area contributed by atoms with Crippen molar-refractivity contribution in [1.82, 2.24) is 14.8 Å². The van der Waals surface area contributed by atoms with E-state index < -0.39 is 5.97 Å². The van der Waals surface area contributed by atoms with Crippen molar-refractivity contribution < 1.29 is 9.53 Å². The number of carbonyl (C=O) groups excluding carboxylic acids is 1. The summed E-state index contributed by atoms with van der Waals surface area (Å²) in [5, 5.41) is 5.17. The van der Waals surface area contributed by atoms with Crippen molar-refractivity contribution in [3.63, 3.8) is 0 Å². The maximum absolute atomic E-state index is 11.6. The van der Waals surface area contributed by atoms with Gasteiger partial charge in [-0.25, -0.2) is 14.5 Å². The standard InChI is InChI=1S/C12H15N3O2/c1-4-17-12(16)10-6-5-9-7-13-15(8(2)3)11(9)14-10/h5-8H,4H2,1-3H3. The number of nitrogens with zero attached hydrogens (tertiary/aromatic N) is 3. The molecule has 17 heavy (non-hydrogen) atoms. The lowest BCUT2D eigenvalue weighted by molar-refractivity contribution is 0.0520. The van der Waals surface area contributed by atoms with E-state index in [-0.39, 0.29) is 6.04 Å². The fraction of sp³-hybridized carbons (Fsp3) is 0.417. The summed E-state index contributed by atoms with van der Waals surface area (Å²) in [5.74, 6) is -0.397. The van der Waals surface area contributed by atoms with Crippen molar-refractivity contribution in [2.24, 2.45) is 0 Å². The molecule has 0 N–H and O–H groups in total. The molecule has 0 fully saturated rings. The lowest BCUT2D eigenvalue weighted by Gasteiger charge is -2.07. The van der Waals surface area contributed by atoms with Gasteiger partial charge >= 0.3 is 5.97 Å². The third kappa shape index (κ3) is 2.13. The molecule has 5 nitrogen and oxygen atoms in total. The molecule has 0 radical (unpaired) electrons. The van der Waals surface area contributed by atoms with Crippen molar-refractivity contribution in [3.8, 4) is 0 Å². The van der Waals surface area contributed by atoms with E-state index in [1.165, 1.54) is 0 Å². The number of rotatable bonds is 3. The highest BCUT2D eigenvalue weighted by atomic mass is 16.5. The number of hydrogen-bond acceptors (Lipinski definition) is 4. The molecule has 2 rings (SSSR count). The van der Waals surface area contributed by atoms with Gasteiger partial charge < -0.3 is 4.74 Å². The minimum atomic E-state index is -0.397. The summed E-state index contributed by atoms with van der Waals surface area (Å²) in [5.41, 5.74) is 1.03. The van der Waals surface area contributed by atoms with Crippen molar-refractivity contribution in [2.75, 3.05) is 6.61 Å². The molecule has 5 heteroatoms. The molecule has 90 valence electrons. The van der Waals surface area contributed by atoms with E-state index in [1.807, 2.05) is 19.9 Å². The quantitative estimate of drug-likeness (QED) is 0.762. The zero-order valence-electron chi connectivity index (χ0n) is 10.2. The average molecular weight is 233 g/mol. The third-order valence-corrected chi connectivity index (χ3v) is 2.42. The molecule has 0 aliphatic carbocycles. The van der Waals surface area contributed by atoms with Crippen LogP contribution in [0.15, 0.2) is 18.3 Å². The Bertz CT molecular complexity index is 546. The van der Waals surface area contributed by atoms with Gasteiger partial charge in [-0.1, -0.05) is 0 Å². The lowest BCUT2D eigenvalue weighted by Crippen LogP contribution is -2.09. The number of esters is 1. The number of aromatic nitrogens is 3. The average Bonchev–Trinajstić information content (AvgIpc) is 2.71. The maximum atomic E-state index is 11.6. The summed E-state index contributed by atoms with van der Waals surface area (Å²) in [7, 11) is 0. The van der Waals surface area contributed by atoms with Crippen LogP contribution in [0.2, 0.25) is 0 Å². The Hall–Kier alpha value is -1.91. The highest BCUT2D eigenvalue weighted by molar-refractivity contribution is 5.90. The Balaban J connectivity index is 2.47. The van der Waals surface area contributed by atoms with Gasteiger partial charge in [0, 0.05) is 11.4 Å². The van der Waals surface area contributed by atoms with Gasteiger partial charge in [-0.15, -0.1) is 0 Å². The van der Waals surface area contributed by atoms with Gasteiger partial charge in [0.05, 0.1) is 12.8 Å². The predicted molar refractivity (Wildman–Crippen MR) is 63.9 cm³/mol. The fourth-order valence-corrected chi connectivity index (χ4v) is 1.62. The molecular weight excluding hydrogens is 218 g/mol. The minimum absolute atomic E-state index is 0.206. The van der Waals surface area contributed by atoms with E-state index in [0.29, 0.717) is 17.9 Å². The van der Waals surface area contributed by atoms with Gasteiger partial charge in [-0.3, -0.25) is 0 Å². The molecular formula is C12H15N3O2. The van der Waals surface area contributed by atoms with Crippen LogP contribution in [0.5, 0.6) is 0 Å². The molecule has 0 atom stereocenters. The van der Waals surface area contributed by atoms with Gasteiger partial charge in [0.1, 0.15) is 0 Å². The monoisotopic (exact) mass is 233 g/mol. The second-order valence-electron chi connectivity index (χ2n) is 4.01. The first-order valence-electron chi connectivity index (χ1n) is 5.65. The molecule has 0 unspecified atom stereocenters. The van der Waals surface area contributed by atoms with E-state index in [2.05, 4.69) is 10.1 Å². The number of hydrogen-bond donors (Lipinski definition) is 0. The van der Waals surface area contributed by atoms with Gasteiger partial charge in [0.2, 0.25) is 0 Å². The summed E-state index contributed by atoms with van der Waals surface area (Å²) in [6.07, 6.45) is 1.75. The summed E-state index contributed by atoms with van der Waals surface area (Å²) in [6, 6.07) is 3.70. The molecule has 2 heterocycles. The van der Waals surface area contributed by atoms with E-state index in [0.717, 1.165) is 5.39 Å². The Morgan fingerprint density at radius 1 is 1.47 bits per heavy atom. The molecule has 2 aromatic rings. The number of ether oxygens (including phenoxy) is 1. The van der Waals surface area contributed by atoms with Crippen LogP contribution in [0, 0.1) is 0 Å². The van der Waals surface area contributed by atoms with Gasteiger partial charge in [-0.2, -0.15) is 5.10 Å². The first-order valence-corrected chi connectivity index (χ1v) is 5.65. The number of fused-ring (bicyclic) bond motifs is 1. The molecule has 2 aromatic heterocycles. The molecule has 0 aliphatic rings. The largest absolute Gasteiger partial charge is 0.461 e. The first-order chi connectivity index (χ1) is 8.13. The van der Waals surface area contributed by atoms with Gasteiger partial charge in [0.25, 0.3) is 0 Å². The molecule has 0 aromatic carbocycles. The van der Waals surface area contributed by atoms with Gasteiger partial charge in [-0.05, 0) is 32.9 Å². The number of carbonyl (C=O) groups is 1. The van der Waals surface area contributed by atoms with E-state index in [4.69, 9.17) is 4.74 Å². The van der Waals surface area contributed by atoms with Crippen molar-refractivity contribution >= 4 is 17.0 Å². The summed E-state index contributed by atoms with van der Waals surface area (Å²) in [4.78, 5) is 15.9. The maximum Gasteiger partial charge on any atom is 0.357 e. The van der Waals surface area contributed by atoms with Crippen LogP contribution < -0.4 is 0 Å². The van der Waals surface area contributed by atoms with Crippen LogP contribution in [0.4, 0.5) is 0 Å². The highest BCUT2D eigenvalue weighted by Gasteiger charge is 2.12.